The Morgan fingerprint density at radius 1 is 1.33 bits per heavy atom. The molecule has 1 aromatic heterocycles. The topological polar surface area (TPSA) is 69.0 Å². The van der Waals surface area contributed by atoms with Gasteiger partial charge < -0.3 is 14.6 Å². The largest absolute Gasteiger partial charge is 0.435 e. The van der Waals surface area contributed by atoms with Crippen LogP contribution in [0.15, 0.2) is 29.4 Å². The van der Waals surface area contributed by atoms with Crippen molar-refractivity contribution in [2.45, 2.75) is 25.1 Å². The van der Waals surface area contributed by atoms with Gasteiger partial charge in [-0.1, -0.05) is 23.9 Å². The number of carbonyl (C=O) groups excluding carboxylic acids is 1. The van der Waals surface area contributed by atoms with Gasteiger partial charge in [0.15, 0.2) is 5.16 Å². The highest BCUT2D eigenvalue weighted by molar-refractivity contribution is 7.99. The number of benzene rings is 1. The molecule has 0 fully saturated rings. The predicted molar refractivity (Wildman–Crippen MR) is 86.3 cm³/mol. The standard InChI is InChI=1S/C15H18F2N4O2S/c1-10-19-20-15(21(10)2)24-9-13(22)18-8-7-11-3-5-12(6-4-11)23-14(16)17/h3-6,14H,7-9H2,1-2H3,(H,18,22). The van der Waals surface area contributed by atoms with Gasteiger partial charge in [0.25, 0.3) is 0 Å². The smallest absolute Gasteiger partial charge is 0.387 e. The summed E-state index contributed by atoms with van der Waals surface area (Å²) in [5.41, 5.74) is 0.925. The minimum absolute atomic E-state index is 0.0988. The fourth-order valence-electron chi connectivity index (χ4n) is 1.88. The van der Waals surface area contributed by atoms with E-state index in [-0.39, 0.29) is 17.4 Å². The van der Waals surface area contributed by atoms with Crippen molar-refractivity contribution in [1.29, 1.82) is 0 Å². The van der Waals surface area contributed by atoms with Crippen molar-refractivity contribution < 1.29 is 18.3 Å². The molecule has 0 aliphatic rings. The number of halogens is 2. The van der Waals surface area contributed by atoms with Crippen molar-refractivity contribution in [3.05, 3.63) is 35.7 Å². The van der Waals surface area contributed by atoms with Crippen LogP contribution in [0.3, 0.4) is 0 Å². The molecule has 1 heterocycles. The normalized spacial score (nSPS) is 10.9. The van der Waals surface area contributed by atoms with Crippen LogP contribution in [-0.4, -0.2) is 39.6 Å². The Morgan fingerprint density at radius 3 is 2.62 bits per heavy atom. The van der Waals surface area contributed by atoms with Crippen molar-refractivity contribution in [3.63, 3.8) is 0 Å². The van der Waals surface area contributed by atoms with Gasteiger partial charge in [0, 0.05) is 13.6 Å². The molecule has 0 aliphatic carbocycles. The number of nitrogens with one attached hydrogen (secondary N) is 1. The van der Waals surface area contributed by atoms with Crippen LogP contribution in [0.2, 0.25) is 0 Å². The molecule has 1 N–H and O–H groups in total. The third kappa shape index (κ3) is 5.48. The monoisotopic (exact) mass is 356 g/mol. The van der Waals surface area contributed by atoms with Crippen LogP contribution in [0.5, 0.6) is 5.75 Å². The van der Waals surface area contributed by atoms with Crippen molar-refractivity contribution >= 4 is 17.7 Å². The van der Waals surface area contributed by atoms with E-state index in [1.807, 2.05) is 18.5 Å². The van der Waals surface area contributed by atoms with E-state index in [2.05, 4.69) is 20.3 Å². The number of rotatable bonds is 8. The predicted octanol–water partition coefficient (Wildman–Crippen LogP) is 2.18. The van der Waals surface area contributed by atoms with Crippen LogP contribution in [0.25, 0.3) is 0 Å². The molecule has 0 bridgehead atoms. The highest BCUT2D eigenvalue weighted by atomic mass is 32.2. The summed E-state index contributed by atoms with van der Waals surface area (Å²) in [6.45, 7) is -0.522. The summed E-state index contributed by atoms with van der Waals surface area (Å²) < 4.78 is 30.2. The van der Waals surface area contributed by atoms with Gasteiger partial charge in [-0.2, -0.15) is 8.78 Å². The Morgan fingerprint density at radius 2 is 2.04 bits per heavy atom. The van der Waals surface area contributed by atoms with E-state index >= 15 is 0 Å². The summed E-state index contributed by atoms with van der Waals surface area (Å²) in [5.74, 6) is 1.07. The van der Waals surface area contributed by atoms with Crippen LogP contribution >= 0.6 is 11.8 Å². The number of aromatic nitrogens is 3. The Bertz CT molecular complexity index is 677. The molecule has 1 aromatic carbocycles. The Balaban J connectivity index is 1.69. The molecule has 2 rings (SSSR count). The lowest BCUT2D eigenvalue weighted by molar-refractivity contribution is -0.118. The number of aryl methyl sites for hydroxylation is 1. The van der Waals surface area contributed by atoms with Gasteiger partial charge in [-0.15, -0.1) is 10.2 Å². The summed E-state index contributed by atoms with van der Waals surface area (Å²) >= 11 is 1.32. The number of carbonyl (C=O) groups is 1. The summed E-state index contributed by atoms with van der Waals surface area (Å²) in [6.07, 6.45) is 0.606. The maximum Gasteiger partial charge on any atom is 0.387 e. The van der Waals surface area contributed by atoms with Gasteiger partial charge >= 0.3 is 6.61 Å². The number of hydrogen-bond acceptors (Lipinski definition) is 5. The number of ether oxygens (including phenoxy) is 1. The second kappa shape index (κ2) is 8.62. The lowest BCUT2D eigenvalue weighted by atomic mass is 10.1. The number of nitrogens with zero attached hydrogens (tertiary/aromatic N) is 3. The molecule has 24 heavy (non-hydrogen) atoms. The minimum Gasteiger partial charge on any atom is -0.435 e. The van der Waals surface area contributed by atoms with E-state index in [9.17, 15) is 13.6 Å². The first-order valence-electron chi connectivity index (χ1n) is 7.25. The lowest BCUT2D eigenvalue weighted by Gasteiger charge is -2.07. The lowest BCUT2D eigenvalue weighted by Crippen LogP contribution is -2.27. The average molecular weight is 356 g/mol. The van der Waals surface area contributed by atoms with E-state index in [0.29, 0.717) is 18.1 Å². The van der Waals surface area contributed by atoms with Crippen molar-refractivity contribution in [2.75, 3.05) is 12.3 Å². The molecule has 0 spiro atoms. The summed E-state index contributed by atoms with van der Waals surface area (Å²) in [7, 11) is 1.84. The van der Waals surface area contributed by atoms with Crippen LogP contribution in [0, 0.1) is 6.92 Å². The van der Waals surface area contributed by atoms with Gasteiger partial charge in [-0.05, 0) is 31.0 Å². The van der Waals surface area contributed by atoms with Gasteiger partial charge in [-0.3, -0.25) is 4.79 Å². The summed E-state index contributed by atoms with van der Waals surface area (Å²) in [6, 6.07) is 6.35. The Hall–Kier alpha value is -2.16. The molecule has 0 atom stereocenters. The second-order valence-corrected chi connectivity index (χ2v) is 5.94. The Labute approximate surface area is 142 Å². The molecule has 0 aliphatic heterocycles. The number of amides is 1. The SMILES string of the molecule is Cc1nnc(SCC(=O)NCCc2ccc(OC(F)F)cc2)n1C. The van der Waals surface area contributed by atoms with Crippen LogP contribution in [0.4, 0.5) is 8.78 Å². The maximum absolute atomic E-state index is 12.1. The fraction of sp³-hybridized carbons (Fsp3) is 0.400. The van der Waals surface area contributed by atoms with Crippen LogP contribution in [-0.2, 0) is 18.3 Å². The van der Waals surface area contributed by atoms with Gasteiger partial charge in [0.2, 0.25) is 5.91 Å². The zero-order chi connectivity index (χ0) is 17.5. The van der Waals surface area contributed by atoms with Gasteiger partial charge in [0.1, 0.15) is 11.6 Å². The van der Waals surface area contributed by atoms with E-state index < -0.39 is 6.61 Å². The first kappa shape index (κ1) is 18.2. The highest BCUT2D eigenvalue weighted by Crippen LogP contribution is 2.16. The quantitative estimate of drug-likeness (QED) is 0.734. The molecule has 0 unspecified atom stereocenters. The molecule has 130 valence electrons. The maximum atomic E-state index is 12.1. The molecule has 2 aromatic rings. The van der Waals surface area contributed by atoms with Crippen LogP contribution in [0.1, 0.15) is 11.4 Å². The van der Waals surface area contributed by atoms with E-state index in [0.717, 1.165) is 11.4 Å². The molecule has 0 radical (unpaired) electrons. The van der Waals surface area contributed by atoms with Gasteiger partial charge in [0.05, 0.1) is 5.75 Å². The molecule has 9 heteroatoms. The fourth-order valence-corrected chi connectivity index (χ4v) is 2.66. The number of thioether (sulfide) groups is 1. The molecule has 6 nitrogen and oxygen atoms in total. The van der Waals surface area contributed by atoms with E-state index in [4.69, 9.17) is 0 Å². The third-order valence-corrected chi connectivity index (χ3v) is 4.29. The molecule has 0 saturated carbocycles. The van der Waals surface area contributed by atoms with Gasteiger partial charge in [-0.25, -0.2) is 0 Å². The van der Waals surface area contributed by atoms with E-state index in [1.165, 1.54) is 23.9 Å². The first-order valence-corrected chi connectivity index (χ1v) is 8.23. The molecule has 1 amide bonds. The minimum atomic E-state index is -2.83. The van der Waals surface area contributed by atoms with Crippen molar-refractivity contribution in [3.8, 4) is 5.75 Å². The Kier molecular flexibility index (Phi) is 6.53. The first-order chi connectivity index (χ1) is 11.5. The average Bonchev–Trinajstić information content (AvgIpc) is 2.86. The molecular weight excluding hydrogens is 338 g/mol. The molecular formula is C15H18F2N4O2S. The van der Waals surface area contributed by atoms with Crippen molar-refractivity contribution in [1.82, 2.24) is 20.1 Å². The third-order valence-electron chi connectivity index (χ3n) is 3.27. The number of alkyl halides is 2. The van der Waals surface area contributed by atoms with Crippen molar-refractivity contribution in [2.24, 2.45) is 7.05 Å². The van der Waals surface area contributed by atoms with E-state index in [1.54, 1.807) is 12.1 Å². The second-order valence-electron chi connectivity index (χ2n) is 5.00. The van der Waals surface area contributed by atoms with Crippen LogP contribution < -0.4 is 10.1 Å². The highest BCUT2D eigenvalue weighted by Gasteiger charge is 2.09. The summed E-state index contributed by atoms with van der Waals surface area (Å²) in [5, 5.41) is 11.4. The summed E-state index contributed by atoms with van der Waals surface area (Å²) in [4.78, 5) is 11.8. The number of hydrogen-bond donors (Lipinski definition) is 1. The zero-order valence-electron chi connectivity index (χ0n) is 13.3. The molecule has 0 saturated heterocycles. The zero-order valence-corrected chi connectivity index (χ0v) is 14.1.